The number of nitrogens with one attached hydrogen (secondary N) is 2. The Kier molecular flexibility index (Phi) is 3.62. The van der Waals surface area contributed by atoms with Gasteiger partial charge < -0.3 is 15.7 Å². The Morgan fingerprint density at radius 3 is 2.62 bits per heavy atom. The lowest BCUT2D eigenvalue weighted by atomic mass is 10.1. The Balaban J connectivity index is 1.69. The third-order valence-electron chi connectivity index (χ3n) is 3.80. The molecule has 4 heteroatoms. The molecular formula is C17H18N2O2. The van der Waals surface area contributed by atoms with E-state index in [1.54, 1.807) is 0 Å². The highest BCUT2D eigenvalue weighted by Gasteiger charge is 2.31. The van der Waals surface area contributed by atoms with Crippen LogP contribution in [-0.2, 0) is 6.42 Å². The van der Waals surface area contributed by atoms with Crippen LogP contribution in [0, 0.1) is 6.92 Å². The molecule has 0 heterocycles. The van der Waals surface area contributed by atoms with Crippen LogP contribution >= 0.6 is 0 Å². The zero-order valence-electron chi connectivity index (χ0n) is 11.8. The number of amides is 2. The summed E-state index contributed by atoms with van der Waals surface area (Å²) in [5, 5.41) is 15.8. The molecule has 0 saturated carbocycles. The third-order valence-corrected chi connectivity index (χ3v) is 3.80. The van der Waals surface area contributed by atoms with Crippen LogP contribution < -0.4 is 10.6 Å². The van der Waals surface area contributed by atoms with Gasteiger partial charge in [0.2, 0.25) is 0 Å². The van der Waals surface area contributed by atoms with Crippen LogP contribution in [-0.4, -0.2) is 17.2 Å². The van der Waals surface area contributed by atoms with E-state index < -0.39 is 6.10 Å². The first-order valence-corrected chi connectivity index (χ1v) is 7.03. The molecule has 0 radical (unpaired) electrons. The van der Waals surface area contributed by atoms with Gasteiger partial charge in [-0.3, -0.25) is 0 Å². The minimum absolute atomic E-state index is 0.306. The van der Waals surface area contributed by atoms with Gasteiger partial charge in [0.25, 0.3) is 0 Å². The van der Waals surface area contributed by atoms with Crippen LogP contribution in [0.4, 0.5) is 10.5 Å². The van der Waals surface area contributed by atoms with Gasteiger partial charge in [0, 0.05) is 12.1 Å². The number of aliphatic hydroxyl groups excluding tert-OH is 1. The SMILES string of the molecule is Cc1ccc(NC(=O)N[C@@H]2c3ccccc3C[C@@H]2O)cc1. The second-order valence-electron chi connectivity index (χ2n) is 5.41. The van der Waals surface area contributed by atoms with Crippen molar-refractivity contribution >= 4 is 11.7 Å². The van der Waals surface area contributed by atoms with Gasteiger partial charge in [0.05, 0.1) is 12.1 Å². The van der Waals surface area contributed by atoms with Crippen LogP contribution in [0.1, 0.15) is 22.7 Å². The summed E-state index contributed by atoms with van der Waals surface area (Å²) in [6.45, 7) is 2.00. The number of carbonyl (C=O) groups excluding carboxylic acids is 1. The summed E-state index contributed by atoms with van der Waals surface area (Å²) in [6, 6.07) is 14.7. The van der Waals surface area contributed by atoms with Crippen molar-refractivity contribution in [1.82, 2.24) is 5.32 Å². The minimum atomic E-state index is -0.578. The van der Waals surface area contributed by atoms with Gasteiger partial charge in [-0.1, -0.05) is 42.0 Å². The molecule has 21 heavy (non-hydrogen) atoms. The number of aryl methyl sites for hydroxylation is 1. The smallest absolute Gasteiger partial charge is 0.319 e. The van der Waals surface area contributed by atoms with E-state index in [4.69, 9.17) is 0 Å². The zero-order chi connectivity index (χ0) is 14.8. The van der Waals surface area contributed by atoms with E-state index in [1.165, 1.54) is 0 Å². The maximum absolute atomic E-state index is 12.1. The lowest BCUT2D eigenvalue weighted by Crippen LogP contribution is -2.36. The van der Waals surface area contributed by atoms with Crippen LogP contribution in [0.15, 0.2) is 48.5 Å². The predicted octanol–water partition coefficient (Wildman–Crippen LogP) is 2.77. The summed E-state index contributed by atoms with van der Waals surface area (Å²) in [5.41, 5.74) is 3.95. The van der Waals surface area contributed by atoms with E-state index in [2.05, 4.69) is 10.6 Å². The van der Waals surface area contributed by atoms with Crippen molar-refractivity contribution in [3.63, 3.8) is 0 Å². The van der Waals surface area contributed by atoms with Gasteiger partial charge >= 0.3 is 6.03 Å². The van der Waals surface area contributed by atoms with Gasteiger partial charge in [-0.2, -0.15) is 0 Å². The summed E-state index contributed by atoms with van der Waals surface area (Å²) in [5.74, 6) is 0. The lowest BCUT2D eigenvalue weighted by Gasteiger charge is -2.18. The summed E-state index contributed by atoms with van der Waals surface area (Å²) >= 11 is 0. The number of fused-ring (bicyclic) bond motifs is 1. The molecule has 3 N–H and O–H groups in total. The molecular weight excluding hydrogens is 264 g/mol. The van der Waals surface area contributed by atoms with E-state index in [0.29, 0.717) is 6.42 Å². The van der Waals surface area contributed by atoms with Crippen LogP contribution in [0.3, 0.4) is 0 Å². The van der Waals surface area contributed by atoms with E-state index in [0.717, 1.165) is 22.4 Å². The Hall–Kier alpha value is -2.33. The number of rotatable bonds is 2. The van der Waals surface area contributed by atoms with E-state index in [9.17, 15) is 9.90 Å². The first-order chi connectivity index (χ1) is 10.1. The van der Waals surface area contributed by atoms with Crippen molar-refractivity contribution in [2.24, 2.45) is 0 Å². The highest BCUT2D eigenvalue weighted by Crippen LogP contribution is 2.31. The fraction of sp³-hybridized carbons (Fsp3) is 0.235. The molecule has 0 unspecified atom stereocenters. The number of carbonyl (C=O) groups is 1. The number of urea groups is 1. The quantitative estimate of drug-likeness (QED) is 0.793. The molecule has 3 rings (SSSR count). The molecule has 0 spiro atoms. The predicted molar refractivity (Wildman–Crippen MR) is 82.2 cm³/mol. The molecule has 2 amide bonds. The normalized spacial score (nSPS) is 19.9. The fourth-order valence-electron chi connectivity index (χ4n) is 2.69. The third kappa shape index (κ3) is 2.90. The van der Waals surface area contributed by atoms with Crippen molar-refractivity contribution in [2.75, 3.05) is 5.32 Å². The summed E-state index contributed by atoms with van der Waals surface area (Å²) < 4.78 is 0. The van der Waals surface area contributed by atoms with Gasteiger partial charge in [-0.05, 0) is 30.2 Å². The molecule has 0 fully saturated rings. The molecule has 4 nitrogen and oxygen atoms in total. The van der Waals surface area contributed by atoms with Crippen LogP contribution in [0.5, 0.6) is 0 Å². The molecule has 2 aromatic rings. The standard InChI is InChI=1S/C17H18N2O2/c1-11-6-8-13(9-7-11)18-17(21)19-16-14-5-3-2-4-12(14)10-15(16)20/h2-9,15-16,20H,10H2,1H3,(H2,18,19,21)/t15-,16+/m0/s1. The highest BCUT2D eigenvalue weighted by molar-refractivity contribution is 5.89. The van der Waals surface area contributed by atoms with Crippen molar-refractivity contribution in [3.8, 4) is 0 Å². The van der Waals surface area contributed by atoms with Crippen molar-refractivity contribution in [1.29, 1.82) is 0 Å². The average Bonchev–Trinajstić information content (AvgIpc) is 2.78. The van der Waals surface area contributed by atoms with Crippen LogP contribution in [0.2, 0.25) is 0 Å². The monoisotopic (exact) mass is 282 g/mol. The number of hydrogen-bond acceptors (Lipinski definition) is 2. The molecule has 108 valence electrons. The Bertz CT molecular complexity index is 652. The number of hydrogen-bond donors (Lipinski definition) is 3. The minimum Gasteiger partial charge on any atom is -0.390 e. The molecule has 0 bridgehead atoms. The molecule has 2 aromatic carbocycles. The van der Waals surface area contributed by atoms with Gasteiger partial charge in [0.1, 0.15) is 0 Å². The first kappa shape index (κ1) is 13.6. The average molecular weight is 282 g/mol. The molecule has 0 aliphatic heterocycles. The zero-order valence-corrected chi connectivity index (χ0v) is 11.8. The van der Waals surface area contributed by atoms with Crippen molar-refractivity contribution < 1.29 is 9.90 Å². The summed E-state index contributed by atoms with van der Waals surface area (Å²) in [6.07, 6.45) is -0.00257. The maximum atomic E-state index is 12.1. The molecule has 0 saturated heterocycles. The fourth-order valence-corrected chi connectivity index (χ4v) is 2.69. The summed E-state index contributed by atoms with van der Waals surface area (Å²) in [7, 11) is 0. The first-order valence-electron chi connectivity index (χ1n) is 7.03. The van der Waals surface area contributed by atoms with E-state index >= 15 is 0 Å². The van der Waals surface area contributed by atoms with E-state index in [1.807, 2.05) is 55.5 Å². The largest absolute Gasteiger partial charge is 0.390 e. The van der Waals surface area contributed by atoms with Crippen LogP contribution in [0.25, 0.3) is 0 Å². The topological polar surface area (TPSA) is 61.4 Å². The molecule has 1 aliphatic carbocycles. The molecule has 2 atom stereocenters. The Labute approximate surface area is 123 Å². The Morgan fingerprint density at radius 1 is 1.14 bits per heavy atom. The van der Waals surface area contributed by atoms with Gasteiger partial charge in [-0.25, -0.2) is 4.79 Å². The maximum Gasteiger partial charge on any atom is 0.319 e. The number of benzene rings is 2. The Morgan fingerprint density at radius 2 is 1.86 bits per heavy atom. The van der Waals surface area contributed by atoms with E-state index in [-0.39, 0.29) is 12.1 Å². The van der Waals surface area contributed by atoms with Gasteiger partial charge in [-0.15, -0.1) is 0 Å². The van der Waals surface area contributed by atoms with Crippen molar-refractivity contribution in [2.45, 2.75) is 25.5 Å². The lowest BCUT2D eigenvalue weighted by molar-refractivity contribution is 0.144. The number of aliphatic hydroxyl groups is 1. The highest BCUT2D eigenvalue weighted by atomic mass is 16.3. The van der Waals surface area contributed by atoms with Crippen molar-refractivity contribution in [3.05, 3.63) is 65.2 Å². The summed E-state index contributed by atoms with van der Waals surface area (Å²) in [4.78, 5) is 12.1. The second-order valence-corrected chi connectivity index (χ2v) is 5.41. The molecule has 1 aliphatic rings. The number of anilines is 1. The van der Waals surface area contributed by atoms with Gasteiger partial charge in [0.15, 0.2) is 0 Å². The molecule has 0 aromatic heterocycles. The second kappa shape index (κ2) is 5.58.